The Morgan fingerprint density at radius 1 is 1.10 bits per heavy atom. The molecule has 1 atom stereocenters. The van der Waals surface area contributed by atoms with Crippen LogP contribution in [0, 0.1) is 0 Å². The summed E-state index contributed by atoms with van der Waals surface area (Å²) >= 11 is 6.05. The van der Waals surface area contributed by atoms with Crippen molar-refractivity contribution in [3.63, 3.8) is 0 Å². The van der Waals surface area contributed by atoms with Gasteiger partial charge in [0.25, 0.3) is 0 Å². The van der Waals surface area contributed by atoms with E-state index < -0.39 is 0 Å². The van der Waals surface area contributed by atoms with Crippen LogP contribution < -0.4 is 10.6 Å². The number of carbonyl (C=O) groups excluding carboxylic acids is 1. The van der Waals surface area contributed by atoms with E-state index in [0.717, 1.165) is 6.54 Å². The first-order valence-electron chi connectivity index (χ1n) is 6.59. The number of amides is 1. The highest BCUT2D eigenvalue weighted by Crippen LogP contribution is 2.22. The zero-order valence-corrected chi connectivity index (χ0v) is 11.7. The molecular formula is C16H15ClN2O. The zero-order chi connectivity index (χ0) is 13.9. The molecule has 20 heavy (non-hydrogen) atoms. The molecule has 2 aromatic carbocycles. The average molecular weight is 287 g/mol. The van der Waals surface area contributed by atoms with Gasteiger partial charge < -0.3 is 10.6 Å². The number of para-hydroxylation sites is 1. The number of benzene rings is 2. The molecule has 0 aliphatic carbocycles. The van der Waals surface area contributed by atoms with Crippen LogP contribution in [0.5, 0.6) is 0 Å². The number of hydrogen-bond donors (Lipinski definition) is 2. The number of halogens is 1. The van der Waals surface area contributed by atoms with Crippen LogP contribution in [-0.4, -0.2) is 11.9 Å². The fraction of sp³-hybridized carbons (Fsp3) is 0.188. The summed E-state index contributed by atoms with van der Waals surface area (Å²) in [5.41, 5.74) is 3.14. The van der Waals surface area contributed by atoms with Crippen LogP contribution in [0.15, 0.2) is 48.5 Å². The second-order valence-electron chi connectivity index (χ2n) is 4.88. The minimum atomic E-state index is -0.221. The molecule has 1 aliphatic rings. The van der Waals surface area contributed by atoms with E-state index in [0.29, 0.717) is 17.1 Å². The average Bonchev–Trinajstić information content (AvgIpc) is 2.49. The third-order valence-corrected chi connectivity index (χ3v) is 3.86. The van der Waals surface area contributed by atoms with E-state index in [4.69, 9.17) is 11.6 Å². The van der Waals surface area contributed by atoms with E-state index in [2.05, 4.69) is 22.8 Å². The normalized spacial score (nSPS) is 17.4. The van der Waals surface area contributed by atoms with Crippen molar-refractivity contribution in [1.29, 1.82) is 0 Å². The maximum atomic E-state index is 12.3. The van der Waals surface area contributed by atoms with Crippen molar-refractivity contribution in [3.8, 4) is 0 Å². The van der Waals surface area contributed by atoms with Gasteiger partial charge in [-0.05, 0) is 29.7 Å². The molecule has 1 amide bonds. The van der Waals surface area contributed by atoms with E-state index in [-0.39, 0.29) is 11.9 Å². The molecule has 0 spiro atoms. The van der Waals surface area contributed by atoms with Gasteiger partial charge in [0.1, 0.15) is 0 Å². The summed E-state index contributed by atoms with van der Waals surface area (Å²) in [6.07, 6.45) is 0.701. The molecule has 4 heteroatoms. The Bertz CT molecular complexity index is 642. The lowest BCUT2D eigenvalue weighted by Gasteiger charge is -2.25. The predicted molar refractivity (Wildman–Crippen MR) is 80.9 cm³/mol. The van der Waals surface area contributed by atoms with Crippen molar-refractivity contribution >= 4 is 23.2 Å². The highest BCUT2D eigenvalue weighted by atomic mass is 35.5. The first kappa shape index (κ1) is 13.2. The van der Waals surface area contributed by atoms with Crippen molar-refractivity contribution in [2.75, 3.05) is 5.32 Å². The molecule has 1 unspecified atom stereocenters. The van der Waals surface area contributed by atoms with E-state index in [1.807, 2.05) is 24.3 Å². The molecule has 0 bridgehead atoms. The van der Waals surface area contributed by atoms with Crippen LogP contribution in [0.25, 0.3) is 0 Å². The number of fused-ring (bicyclic) bond motifs is 1. The quantitative estimate of drug-likeness (QED) is 0.891. The molecule has 3 rings (SSSR count). The van der Waals surface area contributed by atoms with Crippen LogP contribution >= 0.6 is 11.6 Å². The van der Waals surface area contributed by atoms with E-state index in [1.54, 1.807) is 12.1 Å². The summed E-state index contributed by atoms with van der Waals surface area (Å²) in [6, 6.07) is 15.2. The first-order valence-corrected chi connectivity index (χ1v) is 6.97. The second-order valence-corrected chi connectivity index (χ2v) is 5.28. The Hall–Kier alpha value is -1.84. The van der Waals surface area contributed by atoms with Crippen LogP contribution in [0.3, 0.4) is 0 Å². The fourth-order valence-corrected chi connectivity index (χ4v) is 2.61. The largest absolute Gasteiger partial charge is 0.323 e. The van der Waals surface area contributed by atoms with E-state index in [9.17, 15) is 4.79 Å². The van der Waals surface area contributed by atoms with Crippen LogP contribution in [0.2, 0.25) is 5.02 Å². The minimum Gasteiger partial charge on any atom is -0.323 e. The summed E-state index contributed by atoms with van der Waals surface area (Å²) < 4.78 is 0. The second kappa shape index (κ2) is 5.65. The molecule has 2 aromatic rings. The molecular weight excluding hydrogens is 272 g/mol. The van der Waals surface area contributed by atoms with Crippen molar-refractivity contribution in [2.24, 2.45) is 0 Å². The first-order chi connectivity index (χ1) is 9.74. The van der Waals surface area contributed by atoms with Gasteiger partial charge in [-0.2, -0.15) is 0 Å². The fourth-order valence-electron chi connectivity index (χ4n) is 2.42. The number of nitrogens with one attached hydrogen (secondary N) is 2. The van der Waals surface area contributed by atoms with E-state index >= 15 is 0 Å². The van der Waals surface area contributed by atoms with Crippen molar-refractivity contribution in [3.05, 3.63) is 64.7 Å². The Labute approximate surface area is 123 Å². The lowest BCUT2D eigenvalue weighted by atomic mass is 9.95. The lowest BCUT2D eigenvalue weighted by Crippen LogP contribution is -2.44. The maximum Gasteiger partial charge on any atom is 0.241 e. The molecule has 0 saturated heterocycles. The van der Waals surface area contributed by atoms with Gasteiger partial charge in [0.15, 0.2) is 0 Å². The summed E-state index contributed by atoms with van der Waals surface area (Å²) in [4.78, 5) is 12.3. The van der Waals surface area contributed by atoms with Gasteiger partial charge in [-0.25, -0.2) is 0 Å². The Kier molecular flexibility index (Phi) is 3.72. The van der Waals surface area contributed by atoms with Gasteiger partial charge in [0.2, 0.25) is 5.91 Å². The Balaban J connectivity index is 1.72. The maximum absolute atomic E-state index is 12.3. The molecule has 0 radical (unpaired) electrons. The SMILES string of the molecule is O=C(Nc1ccccc1Cl)C1Cc2ccccc2CN1. The zero-order valence-electron chi connectivity index (χ0n) is 10.9. The minimum absolute atomic E-state index is 0.0485. The molecule has 3 nitrogen and oxygen atoms in total. The van der Waals surface area contributed by atoms with Crippen LogP contribution in [-0.2, 0) is 17.8 Å². The summed E-state index contributed by atoms with van der Waals surface area (Å²) in [7, 11) is 0. The molecule has 1 aliphatic heterocycles. The number of anilines is 1. The van der Waals surface area contributed by atoms with Crippen molar-refractivity contribution < 1.29 is 4.79 Å². The predicted octanol–water partition coefficient (Wildman–Crippen LogP) is 2.99. The van der Waals surface area contributed by atoms with Crippen LogP contribution in [0.1, 0.15) is 11.1 Å². The van der Waals surface area contributed by atoms with E-state index in [1.165, 1.54) is 11.1 Å². The summed E-state index contributed by atoms with van der Waals surface area (Å²) in [5, 5.41) is 6.69. The number of hydrogen-bond acceptors (Lipinski definition) is 2. The Morgan fingerprint density at radius 2 is 1.80 bits per heavy atom. The van der Waals surface area contributed by atoms with Gasteiger partial charge in [-0.1, -0.05) is 48.0 Å². The standard InChI is InChI=1S/C16H15ClN2O/c17-13-7-3-4-8-14(13)19-16(20)15-9-11-5-1-2-6-12(11)10-18-15/h1-8,15,18H,9-10H2,(H,19,20). The third-order valence-electron chi connectivity index (χ3n) is 3.53. The van der Waals surface area contributed by atoms with Crippen molar-refractivity contribution in [2.45, 2.75) is 19.0 Å². The monoisotopic (exact) mass is 286 g/mol. The summed E-state index contributed by atoms with van der Waals surface area (Å²) in [5.74, 6) is -0.0485. The van der Waals surface area contributed by atoms with Crippen LogP contribution in [0.4, 0.5) is 5.69 Å². The van der Waals surface area contributed by atoms with Gasteiger partial charge in [-0.15, -0.1) is 0 Å². The number of carbonyl (C=O) groups is 1. The van der Waals surface area contributed by atoms with Gasteiger partial charge >= 0.3 is 0 Å². The molecule has 102 valence electrons. The molecule has 0 saturated carbocycles. The summed E-state index contributed by atoms with van der Waals surface area (Å²) in [6.45, 7) is 0.719. The third kappa shape index (κ3) is 2.69. The molecule has 1 heterocycles. The Morgan fingerprint density at radius 3 is 2.60 bits per heavy atom. The number of rotatable bonds is 2. The topological polar surface area (TPSA) is 41.1 Å². The lowest BCUT2D eigenvalue weighted by molar-refractivity contribution is -0.118. The molecule has 0 aromatic heterocycles. The van der Waals surface area contributed by atoms with Crippen molar-refractivity contribution in [1.82, 2.24) is 5.32 Å². The molecule has 2 N–H and O–H groups in total. The van der Waals surface area contributed by atoms with Gasteiger partial charge in [0, 0.05) is 6.54 Å². The van der Waals surface area contributed by atoms with Gasteiger partial charge in [-0.3, -0.25) is 4.79 Å². The highest BCUT2D eigenvalue weighted by molar-refractivity contribution is 6.33. The molecule has 0 fully saturated rings. The van der Waals surface area contributed by atoms with Gasteiger partial charge in [0.05, 0.1) is 16.8 Å². The smallest absolute Gasteiger partial charge is 0.241 e. The highest BCUT2D eigenvalue weighted by Gasteiger charge is 2.24.